The fourth-order valence-corrected chi connectivity index (χ4v) is 5.65. The normalized spacial score (nSPS) is 17.8. The highest BCUT2D eigenvalue weighted by molar-refractivity contribution is 9.15. The second-order valence-electron chi connectivity index (χ2n) is 1.72. The van der Waals surface area contributed by atoms with E-state index in [1.165, 1.54) is 0 Å². The van der Waals surface area contributed by atoms with E-state index in [-0.39, 0.29) is 0 Å². The van der Waals surface area contributed by atoms with Crippen LogP contribution in [0, 0.1) is 0 Å². The minimum Gasteiger partial charge on any atom is -0.226 e. The molecule has 0 aliphatic rings. The summed E-state index contributed by atoms with van der Waals surface area (Å²) in [7, 11) is -3.10. The van der Waals surface area contributed by atoms with Gasteiger partial charge >= 0.3 is 0 Å². The van der Waals surface area contributed by atoms with E-state index in [1.807, 2.05) is 0 Å². The van der Waals surface area contributed by atoms with Gasteiger partial charge in [-0.25, -0.2) is 8.42 Å². The predicted octanol–water partition coefficient (Wildman–Crippen LogP) is 2.63. The van der Waals surface area contributed by atoms with E-state index in [0.29, 0.717) is 10.7 Å². The average molecular weight is 438 g/mol. The molecule has 0 aliphatic heterocycles. The molecule has 0 fully saturated rings. The molecule has 0 radical (unpaired) electrons. The van der Waals surface area contributed by atoms with Gasteiger partial charge in [0.25, 0.3) is 0 Å². The topological polar surface area (TPSA) is 34.1 Å². The lowest BCUT2D eigenvalue weighted by Gasteiger charge is -2.11. The van der Waals surface area contributed by atoms with Crippen LogP contribution in [-0.2, 0) is 9.84 Å². The van der Waals surface area contributed by atoms with Crippen molar-refractivity contribution in [3.05, 3.63) is 0 Å². The van der Waals surface area contributed by atoms with Crippen molar-refractivity contribution in [1.82, 2.24) is 0 Å². The molecule has 0 saturated heterocycles. The van der Waals surface area contributed by atoms with Crippen molar-refractivity contribution in [3.8, 4) is 0 Å². The van der Waals surface area contributed by atoms with Crippen LogP contribution in [0.1, 0.15) is 0 Å². The van der Waals surface area contributed by atoms with Gasteiger partial charge in [0.05, 0.1) is 0 Å². The van der Waals surface area contributed by atoms with E-state index < -0.39 is 18.2 Å². The van der Waals surface area contributed by atoms with Crippen molar-refractivity contribution < 1.29 is 8.42 Å². The van der Waals surface area contributed by atoms with Crippen LogP contribution in [0.3, 0.4) is 0 Å². The average Bonchev–Trinajstić information content (AvgIpc) is 2.01. The smallest absolute Gasteiger partial charge is 0.177 e. The van der Waals surface area contributed by atoms with Gasteiger partial charge in [0, 0.05) is 10.7 Å². The fraction of sp³-hybridized carbons (Fsp3) is 1.00. The molecule has 68 valence electrons. The molecule has 0 spiro atoms. The van der Waals surface area contributed by atoms with Crippen molar-refractivity contribution in [2.45, 2.75) is 8.32 Å². The Hall–Kier alpha value is 1.87. The maximum atomic E-state index is 11.3. The lowest BCUT2D eigenvalue weighted by atomic mass is 10.9. The highest BCUT2D eigenvalue weighted by atomic mass is 79.9. The molecule has 0 amide bonds. The Morgan fingerprint density at radius 3 is 1.45 bits per heavy atom. The number of sulfone groups is 1. The van der Waals surface area contributed by atoms with E-state index in [2.05, 4.69) is 63.7 Å². The molecule has 2 nitrogen and oxygen atoms in total. The molecule has 11 heavy (non-hydrogen) atoms. The summed E-state index contributed by atoms with van der Waals surface area (Å²) in [5, 5.41) is 0.787. The third-order valence-corrected chi connectivity index (χ3v) is 10.4. The summed E-state index contributed by atoms with van der Waals surface area (Å²) in [5.41, 5.74) is 0. The maximum Gasteiger partial charge on any atom is 0.177 e. The van der Waals surface area contributed by atoms with Gasteiger partial charge in [0.1, 0.15) is 8.32 Å². The van der Waals surface area contributed by atoms with Gasteiger partial charge in [0.15, 0.2) is 9.84 Å². The third-order valence-electron chi connectivity index (χ3n) is 0.956. The largest absolute Gasteiger partial charge is 0.226 e. The molecule has 2 atom stereocenters. The molecule has 0 rings (SSSR count). The number of alkyl halides is 4. The van der Waals surface area contributed by atoms with E-state index in [0.717, 1.165) is 0 Å². The maximum absolute atomic E-state index is 11.3. The SMILES string of the molecule is O=S(=O)(C(Br)CBr)C(Br)CBr. The summed E-state index contributed by atoms with van der Waals surface area (Å²) in [6.07, 6.45) is 0. The van der Waals surface area contributed by atoms with Crippen LogP contribution in [0.25, 0.3) is 0 Å². The fourth-order valence-electron chi connectivity index (χ4n) is 0.336. The molecule has 0 heterocycles. The number of rotatable bonds is 4. The summed E-state index contributed by atoms with van der Waals surface area (Å²) >= 11 is 12.3. The number of hydrogen-bond acceptors (Lipinski definition) is 2. The van der Waals surface area contributed by atoms with Crippen LogP contribution in [0.2, 0.25) is 0 Å². The van der Waals surface area contributed by atoms with E-state index >= 15 is 0 Å². The standard InChI is InChI=1S/C4H6Br4O2S/c5-1-3(7)11(9,10)4(8)2-6/h3-4H,1-2H2. The van der Waals surface area contributed by atoms with Gasteiger partial charge in [-0.05, 0) is 0 Å². The van der Waals surface area contributed by atoms with Gasteiger partial charge in [-0.1, -0.05) is 63.7 Å². The molecule has 2 unspecified atom stereocenters. The molecular weight excluding hydrogens is 432 g/mol. The molecule has 0 aromatic rings. The molecule has 0 bridgehead atoms. The predicted molar refractivity (Wildman–Crippen MR) is 61.9 cm³/mol. The van der Waals surface area contributed by atoms with E-state index in [1.54, 1.807) is 0 Å². The minimum absolute atomic E-state index is 0.393. The summed E-state index contributed by atoms with van der Waals surface area (Å²) in [6, 6.07) is 0. The van der Waals surface area contributed by atoms with Crippen molar-refractivity contribution in [3.63, 3.8) is 0 Å². The van der Waals surface area contributed by atoms with Crippen molar-refractivity contribution in [2.24, 2.45) is 0 Å². The van der Waals surface area contributed by atoms with Gasteiger partial charge in [0.2, 0.25) is 0 Å². The Morgan fingerprint density at radius 1 is 1.00 bits per heavy atom. The second-order valence-corrected chi connectivity index (χ2v) is 8.75. The molecule has 0 N–H and O–H groups in total. The highest BCUT2D eigenvalue weighted by Crippen LogP contribution is 2.22. The molecule has 0 aromatic carbocycles. The van der Waals surface area contributed by atoms with Crippen molar-refractivity contribution >= 4 is 73.6 Å². The second kappa shape index (κ2) is 5.57. The molecule has 7 heteroatoms. The zero-order valence-electron chi connectivity index (χ0n) is 5.31. The highest BCUT2D eigenvalue weighted by Gasteiger charge is 2.28. The number of halogens is 4. The van der Waals surface area contributed by atoms with E-state index in [4.69, 9.17) is 0 Å². The van der Waals surface area contributed by atoms with Crippen LogP contribution >= 0.6 is 63.7 Å². The van der Waals surface area contributed by atoms with Gasteiger partial charge in [-0.2, -0.15) is 0 Å². The lowest BCUT2D eigenvalue weighted by molar-refractivity contribution is 0.596. The Bertz CT molecular complexity index is 186. The summed E-state index contributed by atoms with van der Waals surface area (Å²) in [4.78, 5) is 0. The molecule has 0 aliphatic carbocycles. The third kappa shape index (κ3) is 3.62. The lowest BCUT2D eigenvalue weighted by Crippen LogP contribution is -2.26. The first kappa shape index (κ1) is 12.9. The zero-order valence-corrected chi connectivity index (χ0v) is 12.5. The van der Waals surface area contributed by atoms with E-state index in [9.17, 15) is 8.42 Å². The molecule has 0 aromatic heterocycles. The Morgan fingerprint density at radius 2 is 1.27 bits per heavy atom. The van der Waals surface area contributed by atoms with Crippen LogP contribution in [0.5, 0.6) is 0 Å². The van der Waals surface area contributed by atoms with Gasteiger partial charge < -0.3 is 0 Å². The first-order chi connectivity index (χ1) is 4.96. The quantitative estimate of drug-likeness (QED) is 0.634. The number of hydrogen-bond donors (Lipinski definition) is 0. The monoisotopic (exact) mass is 434 g/mol. The van der Waals surface area contributed by atoms with Crippen LogP contribution in [-0.4, -0.2) is 27.4 Å². The van der Waals surface area contributed by atoms with Crippen LogP contribution < -0.4 is 0 Å². The summed E-state index contributed by atoms with van der Waals surface area (Å²) < 4.78 is 21.6. The van der Waals surface area contributed by atoms with Crippen molar-refractivity contribution in [1.29, 1.82) is 0 Å². The van der Waals surface area contributed by atoms with Gasteiger partial charge in [-0.3, -0.25) is 0 Å². The minimum atomic E-state index is -3.10. The first-order valence-corrected chi connectivity index (χ1v) is 8.28. The molecule has 0 saturated carbocycles. The van der Waals surface area contributed by atoms with Gasteiger partial charge in [-0.15, -0.1) is 0 Å². The van der Waals surface area contributed by atoms with Crippen molar-refractivity contribution in [2.75, 3.05) is 10.7 Å². The first-order valence-electron chi connectivity index (χ1n) is 2.59. The Balaban J connectivity index is 4.46. The van der Waals surface area contributed by atoms with Crippen LogP contribution in [0.15, 0.2) is 0 Å². The Kier molecular flexibility index (Phi) is 6.52. The van der Waals surface area contributed by atoms with Crippen LogP contribution in [0.4, 0.5) is 0 Å². The molecular formula is C4H6Br4O2S. The summed E-state index contributed by atoms with van der Waals surface area (Å²) in [5.74, 6) is 0. The Labute approximate surface area is 99.9 Å². The zero-order chi connectivity index (χ0) is 9.07. The summed E-state index contributed by atoms with van der Waals surface area (Å²) in [6.45, 7) is 0.